The molecule has 5 rings (SSSR count). The Morgan fingerprint density at radius 1 is 0.794 bits per heavy atom. The Morgan fingerprint density at radius 2 is 1.35 bits per heavy atom. The van der Waals surface area contributed by atoms with Crippen LogP contribution in [-0.4, -0.2) is 51.1 Å². The highest BCUT2D eigenvalue weighted by Gasteiger charge is 2.48. The van der Waals surface area contributed by atoms with Crippen molar-refractivity contribution >= 4 is 17.5 Å². The highest BCUT2D eigenvalue weighted by Crippen LogP contribution is 2.31. The molecule has 2 saturated heterocycles. The van der Waals surface area contributed by atoms with Gasteiger partial charge in [-0.3, -0.25) is 9.59 Å². The largest absolute Gasteiger partial charge is 0.495 e. The Bertz CT molecular complexity index is 1100. The van der Waals surface area contributed by atoms with Gasteiger partial charge < -0.3 is 14.5 Å². The number of imide groups is 1. The number of hydrogen-bond acceptors (Lipinski definition) is 3. The summed E-state index contributed by atoms with van der Waals surface area (Å²) in [5, 5.41) is 0. The van der Waals surface area contributed by atoms with Gasteiger partial charge in [0.1, 0.15) is 38.0 Å². The number of ether oxygens (including phenoxy) is 1. The van der Waals surface area contributed by atoms with Gasteiger partial charge in [-0.15, -0.1) is 0 Å². The van der Waals surface area contributed by atoms with E-state index in [0.29, 0.717) is 11.4 Å². The number of nitrogens with zero attached hydrogens (tertiary/aromatic N) is 1. The highest BCUT2D eigenvalue weighted by atomic mass is 16.5. The number of carbonyl (C=O) groups excluding carboxylic acids is 2. The number of piperazine rings is 1. The molecule has 0 aliphatic carbocycles. The van der Waals surface area contributed by atoms with E-state index in [9.17, 15) is 9.59 Å². The number of para-hydroxylation sites is 2. The molecule has 0 aromatic heterocycles. The SMILES string of the molecule is COc1ccccc1N1C(=O)C[C@@H]([NH+]2CC[NH+](C(c3ccccc3)c3ccccc3)CC2)C1=O. The maximum atomic E-state index is 13.4. The molecular formula is C28H31N3O3+2. The van der Waals surface area contributed by atoms with Crippen LogP contribution in [0, 0.1) is 0 Å². The lowest BCUT2D eigenvalue weighted by atomic mass is 9.96. The molecule has 174 valence electrons. The zero-order valence-electron chi connectivity index (χ0n) is 19.4. The first-order chi connectivity index (χ1) is 16.7. The second-order valence-corrected chi connectivity index (χ2v) is 9.07. The fourth-order valence-corrected chi connectivity index (χ4v) is 5.50. The second kappa shape index (κ2) is 9.79. The number of benzene rings is 3. The number of anilines is 1. The molecule has 0 spiro atoms. The molecule has 2 N–H and O–H groups in total. The molecule has 34 heavy (non-hydrogen) atoms. The number of carbonyl (C=O) groups is 2. The molecule has 3 aromatic carbocycles. The van der Waals surface area contributed by atoms with Crippen molar-refractivity contribution in [2.24, 2.45) is 0 Å². The fourth-order valence-electron chi connectivity index (χ4n) is 5.50. The average Bonchev–Trinajstić information content (AvgIpc) is 3.19. The molecule has 0 bridgehead atoms. The molecule has 3 aromatic rings. The van der Waals surface area contributed by atoms with Gasteiger partial charge in [0.15, 0.2) is 6.04 Å². The van der Waals surface area contributed by atoms with Gasteiger partial charge in [0.05, 0.1) is 19.2 Å². The zero-order chi connectivity index (χ0) is 23.5. The van der Waals surface area contributed by atoms with E-state index >= 15 is 0 Å². The minimum absolute atomic E-state index is 0.115. The first-order valence-electron chi connectivity index (χ1n) is 12.0. The van der Waals surface area contributed by atoms with Crippen molar-refractivity contribution in [3.63, 3.8) is 0 Å². The Balaban J connectivity index is 1.32. The summed E-state index contributed by atoms with van der Waals surface area (Å²) in [4.78, 5) is 30.3. The Morgan fingerprint density at radius 3 is 1.94 bits per heavy atom. The average molecular weight is 458 g/mol. The molecular weight excluding hydrogens is 426 g/mol. The van der Waals surface area contributed by atoms with Crippen LogP contribution in [0.25, 0.3) is 0 Å². The minimum Gasteiger partial charge on any atom is -0.495 e. The summed E-state index contributed by atoms with van der Waals surface area (Å²) in [6.07, 6.45) is 0.252. The summed E-state index contributed by atoms with van der Waals surface area (Å²) in [6.45, 7) is 3.59. The summed E-state index contributed by atoms with van der Waals surface area (Å²) in [6, 6.07) is 28.5. The van der Waals surface area contributed by atoms with Crippen molar-refractivity contribution in [1.82, 2.24) is 0 Å². The molecule has 2 aliphatic rings. The molecule has 2 aliphatic heterocycles. The quantitative estimate of drug-likeness (QED) is 0.541. The lowest BCUT2D eigenvalue weighted by molar-refractivity contribution is -1.03. The summed E-state index contributed by atoms with van der Waals surface area (Å²) in [7, 11) is 1.56. The monoisotopic (exact) mass is 457 g/mol. The van der Waals surface area contributed by atoms with E-state index in [-0.39, 0.29) is 30.3 Å². The minimum atomic E-state index is -0.328. The molecule has 2 amide bonds. The summed E-state index contributed by atoms with van der Waals surface area (Å²) >= 11 is 0. The van der Waals surface area contributed by atoms with E-state index in [0.717, 1.165) is 26.2 Å². The maximum Gasteiger partial charge on any atom is 0.292 e. The predicted octanol–water partition coefficient (Wildman–Crippen LogP) is 0.900. The number of amides is 2. The van der Waals surface area contributed by atoms with Crippen molar-refractivity contribution in [3.8, 4) is 5.75 Å². The van der Waals surface area contributed by atoms with Gasteiger partial charge in [-0.05, 0) is 12.1 Å². The first kappa shape index (κ1) is 22.3. The van der Waals surface area contributed by atoms with Crippen molar-refractivity contribution in [2.75, 3.05) is 38.2 Å². The maximum absolute atomic E-state index is 13.4. The number of nitrogens with one attached hydrogen (secondary N) is 2. The van der Waals surface area contributed by atoms with Crippen LogP contribution in [0.4, 0.5) is 5.69 Å². The summed E-state index contributed by atoms with van der Waals surface area (Å²) < 4.78 is 5.40. The van der Waals surface area contributed by atoms with Crippen molar-refractivity contribution in [1.29, 1.82) is 0 Å². The Kier molecular flexibility index (Phi) is 6.43. The van der Waals surface area contributed by atoms with E-state index in [1.165, 1.54) is 25.8 Å². The van der Waals surface area contributed by atoms with Gasteiger partial charge in [0.2, 0.25) is 5.91 Å². The van der Waals surface area contributed by atoms with E-state index in [4.69, 9.17) is 4.74 Å². The van der Waals surface area contributed by atoms with E-state index in [2.05, 4.69) is 60.7 Å². The van der Waals surface area contributed by atoms with Gasteiger partial charge in [-0.2, -0.15) is 0 Å². The van der Waals surface area contributed by atoms with Crippen LogP contribution in [0.5, 0.6) is 5.75 Å². The third-order valence-corrected chi connectivity index (χ3v) is 7.17. The van der Waals surface area contributed by atoms with Crippen LogP contribution in [0.2, 0.25) is 0 Å². The fraction of sp³-hybridized carbons (Fsp3) is 0.286. The molecule has 2 fully saturated rings. The molecule has 0 unspecified atom stereocenters. The van der Waals surface area contributed by atoms with E-state index < -0.39 is 0 Å². The number of quaternary nitrogens is 2. The lowest BCUT2D eigenvalue weighted by Crippen LogP contribution is -3.30. The lowest BCUT2D eigenvalue weighted by Gasteiger charge is -2.36. The number of hydrogen-bond donors (Lipinski definition) is 2. The standard InChI is InChI=1S/C28H29N3O3/c1-34-25-15-9-8-14-23(25)31-26(32)20-24(28(31)33)29-16-18-30(19-17-29)27(21-10-4-2-5-11-21)22-12-6-3-7-13-22/h2-15,24,27H,16-20H2,1H3/p+2/t24-/m1/s1. The van der Waals surface area contributed by atoms with E-state index in [1.807, 2.05) is 12.1 Å². The van der Waals surface area contributed by atoms with Gasteiger partial charge >= 0.3 is 0 Å². The van der Waals surface area contributed by atoms with Crippen molar-refractivity contribution in [2.45, 2.75) is 18.5 Å². The Labute approximate surface area is 200 Å². The topological polar surface area (TPSA) is 55.5 Å². The van der Waals surface area contributed by atoms with E-state index in [1.54, 1.807) is 19.2 Å². The molecule has 1 atom stereocenters. The van der Waals surface area contributed by atoms with Gasteiger partial charge in [0, 0.05) is 11.1 Å². The van der Waals surface area contributed by atoms with Crippen molar-refractivity contribution in [3.05, 3.63) is 96.1 Å². The molecule has 2 heterocycles. The smallest absolute Gasteiger partial charge is 0.292 e. The predicted molar refractivity (Wildman–Crippen MR) is 130 cm³/mol. The third-order valence-electron chi connectivity index (χ3n) is 7.17. The third kappa shape index (κ3) is 4.22. The molecule has 0 saturated carbocycles. The number of methoxy groups -OCH3 is 1. The van der Waals surface area contributed by atoms with Crippen LogP contribution < -0.4 is 19.4 Å². The highest BCUT2D eigenvalue weighted by molar-refractivity contribution is 6.22. The van der Waals surface area contributed by atoms with Crippen LogP contribution in [0.1, 0.15) is 23.6 Å². The van der Waals surface area contributed by atoms with Gasteiger partial charge in [-0.1, -0.05) is 72.8 Å². The zero-order valence-corrected chi connectivity index (χ0v) is 19.4. The van der Waals surface area contributed by atoms with Crippen LogP contribution in [0.3, 0.4) is 0 Å². The molecule has 6 heteroatoms. The van der Waals surface area contributed by atoms with Gasteiger partial charge in [-0.25, -0.2) is 4.90 Å². The summed E-state index contributed by atoms with van der Waals surface area (Å²) in [5.41, 5.74) is 3.16. The first-order valence-corrected chi connectivity index (χ1v) is 12.0. The number of rotatable bonds is 6. The van der Waals surface area contributed by atoms with Crippen LogP contribution in [-0.2, 0) is 9.59 Å². The van der Waals surface area contributed by atoms with Crippen LogP contribution >= 0.6 is 0 Å². The summed E-state index contributed by atoms with van der Waals surface area (Å²) in [5.74, 6) is 0.284. The normalized spacial score (nSPS) is 22.9. The second-order valence-electron chi connectivity index (χ2n) is 9.07. The van der Waals surface area contributed by atoms with Crippen LogP contribution in [0.15, 0.2) is 84.9 Å². The van der Waals surface area contributed by atoms with Crippen molar-refractivity contribution < 1.29 is 24.1 Å². The molecule has 0 radical (unpaired) electrons. The Hall–Kier alpha value is -3.48. The molecule has 6 nitrogen and oxygen atoms in total. The van der Waals surface area contributed by atoms with Gasteiger partial charge in [0.25, 0.3) is 5.91 Å².